The lowest BCUT2D eigenvalue weighted by molar-refractivity contribution is -0.125. The Balaban J connectivity index is 1.61. The van der Waals surface area contributed by atoms with E-state index < -0.39 is 46.0 Å². The molecule has 11 nitrogen and oxygen atoms in total. The average Bonchev–Trinajstić information content (AvgIpc) is 2.77. The molecule has 2 heterocycles. The average molecular weight is 534 g/mol. The van der Waals surface area contributed by atoms with E-state index >= 15 is 0 Å². The Hall–Kier alpha value is -2.48. The molecule has 0 spiro atoms. The van der Waals surface area contributed by atoms with E-state index in [0.717, 1.165) is 10.4 Å². The molecule has 3 rings (SSSR count). The SMILES string of the molecule is CC(C)OC(=O)N1CCC(NC(=O)C2CC(C(=O)Nc3ccc(F)c(Cl)c3)N(C)S(=O)(=O)N2)CC1. The van der Waals surface area contributed by atoms with Crippen molar-refractivity contribution in [3.8, 4) is 0 Å². The van der Waals surface area contributed by atoms with Crippen molar-refractivity contribution in [3.63, 3.8) is 0 Å². The summed E-state index contributed by atoms with van der Waals surface area (Å²) in [4.78, 5) is 39.3. The third-order valence-electron chi connectivity index (χ3n) is 5.81. The van der Waals surface area contributed by atoms with Gasteiger partial charge in [-0.15, -0.1) is 0 Å². The zero-order valence-corrected chi connectivity index (χ0v) is 21.2. The minimum Gasteiger partial charge on any atom is -0.447 e. The number of carbonyl (C=O) groups excluding carboxylic acids is 3. The molecule has 0 aromatic heterocycles. The summed E-state index contributed by atoms with van der Waals surface area (Å²) >= 11 is 5.74. The van der Waals surface area contributed by atoms with Crippen molar-refractivity contribution in [2.24, 2.45) is 0 Å². The van der Waals surface area contributed by atoms with Gasteiger partial charge in [-0.2, -0.15) is 17.4 Å². The first-order valence-corrected chi connectivity index (χ1v) is 13.0. The number of benzene rings is 1. The highest BCUT2D eigenvalue weighted by Gasteiger charge is 2.43. The summed E-state index contributed by atoms with van der Waals surface area (Å²) in [6, 6.07) is 0.954. The number of anilines is 1. The van der Waals surface area contributed by atoms with Crippen LogP contribution in [0.25, 0.3) is 0 Å². The molecule has 2 unspecified atom stereocenters. The molecule has 0 bridgehead atoms. The van der Waals surface area contributed by atoms with Gasteiger partial charge in [0.25, 0.3) is 10.2 Å². The lowest BCUT2D eigenvalue weighted by atomic mass is 10.0. The molecule has 1 aromatic carbocycles. The molecule has 14 heteroatoms. The van der Waals surface area contributed by atoms with Crippen LogP contribution < -0.4 is 15.4 Å². The molecule has 2 saturated heterocycles. The number of carbonyl (C=O) groups is 3. The summed E-state index contributed by atoms with van der Waals surface area (Å²) in [6.07, 6.45) is 0.190. The number of piperidine rings is 1. The van der Waals surface area contributed by atoms with E-state index in [9.17, 15) is 27.2 Å². The largest absolute Gasteiger partial charge is 0.447 e. The molecule has 0 saturated carbocycles. The molecule has 2 atom stereocenters. The molecule has 0 aliphatic carbocycles. The number of hydrogen-bond donors (Lipinski definition) is 3. The Bertz CT molecular complexity index is 1080. The maximum absolute atomic E-state index is 13.4. The van der Waals surface area contributed by atoms with Crippen molar-refractivity contribution in [2.45, 2.75) is 57.3 Å². The Morgan fingerprint density at radius 3 is 2.46 bits per heavy atom. The van der Waals surface area contributed by atoms with Crippen LogP contribution in [0.1, 0.15) is 33.1 Å². The highest BCUT2D eigenvalue weighted by molar-refractivity contribution is 7.87. The van der Waals surface area contributed by atoms with Gasteiger partial charge < -0.3 is 20.3 Å². The maximum atomic E-state index is 13.4. The fourth-order valence-electron chi connectivity index (χ4n) is 3.87. The van der Waals surface area contributed by atoms with Gasteiger partial charge in [0, 0.05) is 31.9 Å². The zero-order chi connectivity index (χ0) is 25.9. The van der Waals surface area contributed by atoms with Crippen LogP contribution in [0.4, 0.5) is 14.9 Å². The van der Waals surface area contributed by atoms with Gasteiger partial charge in [0.15, 0.2) is 0 Å². The highest BCUT2D eigenvalue weighted by Crippen LogP contribution is 2.23. The first-order chi connectivity index (χ1) is 16.4. The number of amides is 3. The summed E-state index contributed by atoms with van der Waals surface area (Å²) in [5.74, 6) is -1.91. The number of rotatable bonds is 5. The van der Waals surface area contributed by atoms with Crippen LogP contribution >= 0.6 is 11.6 Å². The summed E-state index contributed by atoms with van der Waals surface area (Å²) in [5, 5.41) is 5.12. The number of likely N-dealkylation sites (N-methyl/N-ethyl adjacent to an activating group) is 1. The summed E-state index contributed by atoms with van der Waals surface area (Å²) in [6.45, 7) is 4.30. The molecule has 3 amide bonds. The second-order valence-electron chi connectivity index (χ2n) is 8.76. The fourth-order valence-corrected chi connectivity index (χ4v) is 5.29. The Morgan fingerprint density at radius 2 is 1.86 bits per heavy atom. The fraction of sp³-hybridized carbons (Fsp3) is 0.571. The van der Waals surface area contributed by atoms with Crippen LogP contribution in [0.3, 0.4) is 0 Å². The van der Waals surface area contributed by atoms with E-state index in [4.69, 9.17) is 16.3 Å². The second-order valence-corrected chi connectivity index (χ2v) is 10.9. The van der Waals surface area contributed by atoms with E-state index in [2.05, 4.69) is 15.4 Å². The molecular weight excluding hydrogens is 505 g/mol. The number of ether oxygens (including phenoxy) is 1. The summed E-state index contributed by atoms with van der Waals surface area (Å²) in [7, 11) is -2.90. The maximum Gasteiger partial charge on any atom is 0.410 e. The van der Waals surface area contributed by atoms with E-state index in [0.29, 0.717) is 25.9 Å². The van der Waals surface area contributed by atoms with E-state index in [-0.39, 0.29) is 29.3 Å². The number of nitrogens with zero attached hydrogens (tertiary/aromatic N) is 2. The van der Waals surface area contributed by atoms with Crippen molar-refractivity contribution in [1.29, 1.82) is 0 Å². The molecule has 0 radical (unpaired) electrons. The predicted molar refractivity (Wildman–Crippen MR) is 126 cm³/mol. The van der Waals surface area contributed by atoms with Gasteiger partial charge in [0.1, 0.15) is 17.9 Å². The third kappa shape index (κ3) is 6.81. The van der Waals surface area contributed by atoms with Crippen LogP contribution in [0.15, 0.2) is 18.2 Å². The van der Waals surface area contributed by atoms with Crippen LogP contribution in [-0.2, 0) is 24.5 Å². The van der Waals surface area contributed by atoms with Gasteiger partial charge in [-0.3, -0.25) is 9.59 Å². The molecule has 35 heavy (non-hydrogen) atoms. The summed E-state index contributed by atoms with van der Waals surface area (Å²) in [5.41, 5.74) is 0.189. The van der Waals surface area contributed by atoms with E-state index in [1.165, 1.54) is 19.2 Å². The van der Waals surface area contributed by atoms with Gasteiger partial charge in [0.2, 0.25) is 11.8 Å². The van der Waals surface area contributed by atoms with Crippen molar-refractivity contribution >= 4 is 45.4 Å². The predicted octanol–water partition coefficient (Wildman–Crippen LogP) is 1.45. The van der Waals surface area contributed by atoms with E-state index in [1.807, 2.05) is 0 Å². The van der Waals surface area contributed by atoms with Gasteiger partial charge in [0.05, 0.1) is 11.1 Å². The second kappa shape index (κ2) is 11.1. The minimum absolute atomic E-state index is 0.123. The Morgan fingerprint density at radius 1 is 1.20 bits per heavy atom. The normalized spacial score (nSPS) is 23.1. The quantitative estimate of drug-likeness (QED) is 0.524. The van der Waals surface area contributed by atoms with Gasteiger partial charge in [-0.05, 0) is 51.3 Å². The van der Waals surface area contributed by atoms with Crippen LogP contribution in [0, 0.1) is 5.82 Å². The molecule has 1 aromatic rings. The smallest absolute Gasteiger partial charge is 0.410 e. The van der Waals surface area contributed by atoms with Crippen LogP contribution in [0.5, 0.6) is 0 Å². The minimum atomic E-state index is -4.12. The highest BCUT2D eigenvalue weighted by atomic mass is 35.5. The first-order valence-electron chi connectivity index (χ1n) is 11.1. The molecule has 3 N–H and O–H groups in total. The van der Waals surface area contributed by atoms with Gasteiger partial charge >= 0.3 is 6.09 Å². The van der Waals surface area contributed by atoms with Crippen molar-refractivity contribution in [2.75, 3.05) is 25.5 Å². The Labute approximate surface area is 208 Å². The number of likely N-dealkylation sites (tertiary alicyclic amines) is 1. The third-order valence-corrected chi connectivity index (χ3v) is 7.70. The molecule has 2 fully saturated rings. The standard InChI is InChI=1S/C21H29ClFN5O6S/c1-12(2)34-21(31)28-8-6-13(7-9-28)24-19(29)17-11-18(27(3)35(32,33)26-17)20(30)25-14-4-5-16(23)15(22)10-14/h4-5,10,12-13,17-18,26H,6-9,11H2,1-3H3,(H,24,29)(H,25,30). The Kier molecular flexibility index (Phi) is 8.57. The zero-order valence-electron chi connectivity index (χ0n) is 19.6. The van der Waals surface area contributed by atoms with Crippen molar-refractivity contribution in [3.05, 3.63) is 29.0 Å². The first kappa shape index (κ1) is 27.1. The number of nitrogens with one attached hydrogen (secondary N) is 3. The van der Waals surface area contributed by atoms with Gasteiger partial charge in [-0.25, -0.2) is 9.18 Å². The molecule has 2 aliphatic heterocycles. The van der Waals surface area contributed by atoms with Crippen molar-refractivity contribution in [1.82, 2.24) is 19.2 Å². The van der Waals surface area contributed by atoms with Crippen LogP contribution in [-0.4, -0.2) is 79.9 Å². The monoisotopic (exact) mass is 533 g/mol. The molecule has 2 aliphatic rings. The molecule has 194 valence electrons. The number of halogens is 2. The lowest BCUT2D eigenvalue weighted by Crippen LogP contribution is -2.63. The van der Waals surface area contributed by atoms with Crippen molar-refractivity contribution < 1.29 is 31.9 Å². The van der Waals surface area contributed by atoms with E-state index in [1.54, 1.807) is 18.7 Å². The lowest BCUT2D eigenvalue weighted by Gasteiger charge is -2.37. The number of hydrogen-bond acceptors (Lipinski definition) is 6. The van der Waals surface area contributed by atoms with Gasteiger partial charge in [-0.1, -0.05) is 11.6 Å². The topological polar surface area (TPSA) is 137 Å². The summed E-state index contributed by atoms with van der Waals surface area (Å²) < 4.78 is 46.9. The van der Waals surface area contributed by atoms with Crippen LogP contribution in [0.2, 0.25) is 5.02 Å². The molecular formula is C21H29ClFN5O6S.